The number of aromatic nitrogens is 3. The predicted molar refractivity (Wildman–Crippen MR) is 203 cm³/mol. The van der Waals surface area contributed by atoms with Gasteiger partial charge in [0.05, 0.1) is 0 Å². The first kappa shape index (κ1) is 32.8. The third-order valence-corrected chi connectivity index (χ3v) is 9.97. The van der Waals surface area contributed by atoms with E-state index in [1.54, 1.807) is 0 Å². The second-order valence-electron chi connectivity index (χ2n) is 13.5. The molecule has 0 fully saturated rings. The average Bonchev–Trinajstić information content (AvgIpc) is 3.04. The van der Waals surface area contributed by atoms with Crippen molar-refractivity contribution in [2.24, 2.45) is 0 Å². The van der Waals surface area contributed by atoms with E-state index < -0.39 is 0 Å². The van der Waals surface area contributed by atoms with Crippen LogP contribution in [0, 0.1) is 69.2 Å². The van der Waals surface area contributed by atoms with Gasteiger partial charge in [-0.3, -0.25) is 0 Å². The van der Waals surface area contributed by atoms with Crippen LogP contribution in [0.5, 0.6) is 0 Å². The summed E-state index contributed by atoms with van der Waals surface area (Å²) >= 11 is 0. The van der Waals surface area contributed by atoms with Gasteiger partial charge in [-0.15, -0.1) is 0 Å². The van der Waals surface area contributed by atoms with Crippen LogP contribution in [0.3, 0.4) is 0 Å². The lowest BCUT2D eigenvalue weighted by Gasteiger charge is -2.26. The van der Waals surface area contributed by atoms with Crippen LogP contribution >= 0.6 is 0 Å². The third kappa shape index (κ3) is 5.92. The molecule has 0 saturated heterocycles. The molecular weight excluding hydrogens is 585 g/mol. The van der Waals surface area contributed by atoms with Crippen molar-refractivity contribution in [3.05, 3.63) is 134 Å². The van der Waals surface area contributed by atoms with Gasteiger partial charge >= 0.3 is 0 Å². The number of hydrogen-bond donors (Lipinski definition) is 0. The number of aryl methyl sites for hydroxylation is 7. The second kappa shape index (κ2) is 12.8. The van der Waals surface area contributed by atoms with Gasteiger partial charge in [0, 0.05) is 35.1 Å². The number of hydrogen-bond acceptors (Lipinski definition) is 4. The summed E-state index contributed by atoms with van der Waals surface area (Å²) < 4.78 is 0. The minimum absolute atomic E-state index is 0.681. The molecule has 0 aliphatic rings. The Labute approximate surface area is 286 Å². The molecular formula is C44H46N4. The minimum Gasteiger partial charge on any atom is -0.344 e. The van der Waals surface area contributed by atoms with Crippen LogP contribution in [0.15, 0.2) is 78.9 Å². The van der Waals surface area contributed by atoms with Gasteiger partial charge in [-0.25, -0.2) is 15.0 Å². The Morgan fingerprint density at radius 1 is 0.417 bits per heavy atom. The predicted octanol–water partition coefficient (Wildman–Crippen LogP) is 11.4. The molecule has 0 saturated carbocycles. The van der Waals surface area contributed by atoms with E-state index in [1.807, 2.05) is 18.2 Å². The van der Waals surface area contributed by atoms with Crippen LogP contribution in [0.1, 0.15) is 55.6 Å². The highest BCUT2D eigenvalue weighted by atomic mass is 15.1. The van der Waals surface area contributed by atoms with Crippen molar-refractivity contribution in [2.45, 2.75) is 69.2 Å². The van der Waals surface area contributed by atoms with Crippen LogP contribution < -0.4 is 4.90 Å². The van der Waals surface area contributed by atoms with Crippen molar-refractivity contribution < 1.29 is 0 Å². The molecule has 1 aromatic heterocycles. The number of rotatable bonds is 6. The fourth-order valence-corrected chi connectivity index (χ4v) is 7.50. The monoisotopic (exact) mass is 630 g/mol. The van der Waals surface area contributed by atoms with Gasteiger partial charge in [-0.1, -0.05) is 72.3 Å². The van der Waals surface area contributed by atoms with E-state index >= 15 is 0 Å². The van der Waals surface area contributed by atoms with Crippen LogP contribution in [0.25, 0.3) is 45.3 Å². The molecule has 0 spiro atoms. The lowest BCUT2D eigenvalue weighted by Crippen LogP contribution is -2.14. The van der Waals surface area contributed by atoms with Crippen molar-refractivity contribution in [3.63, 3.8) is 0 Å². The standard InChI is InChI=1S/C44H46N4/c1-25-21-28(4)38(29(5)22-25)43-45-42(36-15-13-12-14-16-36)46-44(47-43)40-31(7)24-30(6)39(34(40)10)35-17-19-37(20-18-35)48(11)41-32(8)26(2)23-27(3)33(41)9/h12-24H,1-11H3. The first-order valence-electron chi connectivity index (χ1n) is 16.8. The van der Waals surface area contributed by atoms with Crippen LogP contribution in [0.2, 0.25) is 0 Å². The maximum atomic E-state index is 5.21. The molecule has 0 aliphatic carbocycles. The SMILES string of the molecule is Cc1cc(C)c(-c2nc(-c3ccccc3)nc(-c3c(C)cc(C)c(-c4ccc(N(C)c5c(C)c(C)cc(C)c5C)cc4)c3C)n2)c(C)c1. The first-order valence-corrected chi connectivity index (χ1v) is 16.8. The number of anilines is 2. The van der Waals surface area contributed by atoms with Gasteiger partial charge in [0.2, 0.25) is 0 Å². The summed E-state index contributed by atoms with van der Waals surface area (Å²) in [7, 11) is 2.17. The molecule has 242 valence electrons. The fourth-order valence-electron chi connectivity index (χ4n) is 7.50. The fraction of sp³-hybridized carbons (Fsp3) is 0.250. The zero-order valence-corrected chi connectivity index (χ0v) is 30.3. The maximum absolute atomic E-state index is 5.21. The number of nitrogens with zero attached hydrogens (tertiary/aromatic N) is 4. The summed E-state index contributed by atoms with van der Waals surface area (Å²) in [5, 5.41) is 0. The molecule has 0 atom stereocenters. The third-order valence-electron chi connectivity index (χ3n) is 9.97. The van der Waals surface area contributed by atoms with Gasteiger partial charge in [-0.05, 0) is 143 Å². The zero-order valence-electron chi connectivity index (χ0n) is 30.3. The molecule has 0 N–H and O–H groups in total. The molecule has 6 aromatic rings. The quantitative estimate of drug-likeness (QED) is 0.184. The summed E-state index contributed by atoms with van der Waals surface area (Å²) in [6.07, 6.45) is 0. The molecule has 5 aromatic carbocycles. The summed E-state index contributed by atoms with van der Waals surface area (Å²) in [5.41, 5.74) is 20.3. The Morgan fingerprint density at radius 3 is 1.48 bits per heavy atom. The van der Waals surface area contributed by atoms with Crippen molar-refractivity contribution in [1.29, 1.82) is 0 Å². The van der Waals surface area contributed by atoms with E-state index in [0.717, 1.165) is 39.1 Å². The van der Waals surface area contributed by atoms with Gasteiger partial charge in [0.25, 0.3) is 0 Å². The normalized spacial score (nSPS) is 11.2. The first-order chi connectivity index (χ1) is 22.8. The topological polar surface area (TPSA) is 41.9 Å². The summed E-state index contributed by atoms with van der Waals surface area (Å²) in [6, 6.07) is 28.2. The molecule has 1 heterocycles. The molecule has 0 radical (unpaired) electrons. The largest absolute Gasteiger partial charge is 0.344 e. The van der Waals surface area contributed by atoms with Crippen LogP contribution in [-0.4, -0.2) is 22.0 Å². The Morgan fingerprint density at radius 2 is 0.896 bits per heavy atom. The summed E-state index contributed by atoms with van der Waals surface area (Å²) in [4.78, 5) is 17.7. The Bertz CT molecular complexity index is 2130. The van der Waals surface area contributed by atoms with Gasteiger partial charge < -0.3 is 4.90 Å². The molecule has 4 heteroatoms. The van der Waals surface area contributed by atoms with E-state index in [1.165, 1.54) is 55.8 Å². The van der Waals surface area contributed by atoms with Crippen LogP contribution in [-0.2, 0) is 0 Å². The molecule has 0 amide bonds. The van der Waals surface area contributed by atoms with E-state index in [2.05, 4.69) is 142 Å². The van der Waals surface area contributed by atoms with Crippen molar-refractivity contribution >= 4 is 11.4 Å². The second-order valence-corrected chi connectivity index (χ2v) is 13.5. The molecule has 0 aliphatic heterocycles. The van der Waals surface area contributed by atoms with Gasteiger partial charge in [0.15, 0.2) is 17.5 Å². The van der Waals surface area contributed by atoms with E-state index in [9.17, 15) is 0 Å². The zero-order chi connectivity index (χ0) is 34.4. The smallest absolute Gasteiger partial charge is 0.164 e. The highest BCUT2D eigenvalue weighted by Gasteiger charge is 2.21. The number of benzene rings is 5. The molecule has 0 unspecified atom stereocenters. The Kier molecular flexibility index (Phi) is 8.78. The molecule has 6 rings (SSSR count). The highest BCUT2D eigenvalue weighted by Crippen LogP contribution is 2.39. The summed E-state index contributed by atoms with van der Waals surface area (Å²) in [6.45, 7) is 21.8. The van der Waals surface area contributed by atoms with E-state index in [-0.39, 0.29) is 0 Å². The minimum atomic E-state index is 0.681. The van der Waals surface area contributed by atoms with Crippen LogP contribution in [0.4, 0.5) is 11.4 Å². The van der Waals surface area contributed by atoms with Crippen molar-refractivity contribution in [2.75, 3.05) is 11.9 Å². The van der Waals surface area contributed by atoms with Crippen molar-refractivity contribution in [3.8, 4) is 45.3 Å². The highest BCUT2D eigenvalue weighted by molar-refractivity contribution is 5.83. The van der Waals surface area contributed by atoms with Gasteiger partial charge in [-0.2, -0.15) is 0 Å². The summed E-state index contributed by atoms with van der Waals surface area (Å²) in [5.74, 6) is 2.09. The lowest BCUT2D eigenvalue weighted by atomic mass is 9.88. The maximum Gasteiger partial charge on any atom is 0.164 e. The Hall–Kier alpha value is -5.09. The van der Waals surface area contributed by atoms with E-state index in [0.29, 0.717) is 17.5 Å². The molecule has 0 bridgehead atoms. The lowest BCUT2D eigenvalue weighted by molar-refractivity contribution is 1.06. The average molecular weight is 631 g/mol. The van der Waals surface area contributed by atoms with E-state index in [4.69, 9.17) is 15.0 Å². The van der Waals surface area contributed by atoms with Crippen molar-refractivity contribution in [1.82, 2.24) is 15.0 Å². The molecule has 4 nitrogen and oxygen atoms in total. The molecule has 48 heavy (non-hydrogen) atoms. The van der Waals surface area contributed by atoms with Gasteiger partial charge in [0.1, 0.15) is 0 Å². The Balaban J connectivity index is 1.49.